The Morgan fingerprint density at radius 2 is 2.19 bits per heavy atom. The van der Waals surface area contributed by atoms with Crippen molar-refractivity contribution in [3.8, 4) is 0 Å². The predicted octanol–water partition coefficient (Wildman–Crippen LogP) is 0.946. The molecule has 0 fully saturated rings. The average molecular weight is 232 g/mol. The Hall–Kier alpha value is -1.50. The molecule has 0 saturated heterocycles. The maximum absolute atomic E-state index is 12.0. The Kier molecular flexibility index (Phi) is 4.84. The van der Waals surface area contributed by atoms with Crippen LogP contribution in [0, 0.1) is 0 Å². The summed E-state index contributed by atoms with van der Waals surface area (Å²) in [5.74, 6) is 0.810. The maximum atomic E-state index is 12.0. The van der Waals surface area contributed by atoms with Gasteiger partial charge in [-0.05, 0) is 13.0 Å². The quantitative estimate of drug-likeness (QED) is 0.681. The number of anilines is 2. The van der Waals surface area contributed by atoms with E-state index in [0.717, 1.165) is 0 Å². The van der Waals surface area contributed by atoms with Crippen molar-refractivity contribution >= 4 is 11.8 Å². The predicted molar refractivity (Wildman–Crippen MR) is 56.7 cm³/mol. The summed E-state index contributed by atoms with van der Waals surface area (Å²) in [5, 5.41) is 14.4. The van der Waals surface area contributed by atoms with Crippen LogP contribution >= 0.6 is 0 Å². The number of aliphatic hydroxyl groups excluding tert-OH is 1. The molecule has 0 aliphatic heterocycles. The number of nitrogens with one attached hydrogen (secondary N) is 2. The SMILES string of the molecule is CCNc1nccc(NCC(O)C(F)F)n1. The van der Waals surface area contributed by atoms with E-state index in [2.05, 4.69) is 20.6 Å². The van der Waals surface area contributed by atoms with E-state index in [1.54, 1.807) is 6.07 Å². The van der Waals surface area contributed by atoms with Crippen molar-refractivity contribution in [3.05, 3.63) is 12.3 Å². The highest BCUT2D eigenvalue weighted by Crippen LogP contribution is 2.07. The number of aromatic nitrogens is 2. The van der Waals surface area contributed by atoms with Gasteiger partial charge in [-0.3, -0.25) is 0 Å². The monoisotopic (exact) mass is 232 g/mol. The smallest absolute Gasteiger partial charge is 0.265 e. The fourth-order valence-corrected chi connectivity index (χ4v) is 0.999. The Morgan fingerprint density at radius 3 is 2.81 bits per heavy atom. The van der Waals surface area contributed by atoms with E-state index in [4.69, 9.17) is 5.11 Å². The summed E-state index contributed by atoms with van der Waals surface area (Å²) in [6, 6.07) is 1.54. The van der Waals surface area contributed by atoms with Crippen LogP contribution in [0.4, 0.5) is 20.5 Å². The summed E-state index contributed by atoms with van der Waals surface area (Å²) in [6.07, 6.45) is -2.96. The van der Waals surface area contributed by atoms with Crippen LogP contribution in [0.15, 0.2) is 12.3 Å². The lowest BCUT2D eigenvalue weighted by molar-refractivity contribution is 0.00381. The van der Waals surface area contributed by atoms with Crippen LogP contribution < -0.4 is 10.6 Å². The van der Waals surface area contributed by atoms with Crippen LogP contribution in [0.3, 0.4) is 0 Å². The Morgan fingerprint density at radius 1 is 1.44 bits per heavy atom. The zero-order valence-corrected chi connectivity index (χ0v) is 8.82. The van der Waals surface area contributed by atoms with Crippen LogP contribution in [-0.2, 0) is 0 Å². The van der Waals surface area contributed by atoms with Crippen molar-refractivity contribution in [1.29, 1.82) is 0 Å². The van der Waals surface area contributed by atoms with E-state index in [-0.39, 0.29) is 6.54 Å². The van der Waals surface area contributed by atoms with E-state index in [0.29, 0.717) is 18.3 Å². The van der Waals surface area contributed by atoms with Gasteiger partial charge in [-0.2, -0.15) is 4.98 Å². The number of hydrogen-bond acceptors (Lipinski definition) is 5. The molecule has 0 aliphatic carbocycles. The van der Waals surface area contributed by atoms with Gasteiger partial charge in [0.1, 0.15) is 11.9 Å². The van der Waals surface area contributed by atoms with Crippen molar-refractivity contribution in [2.24, 2.45) is 0 Å². The average Bonchev–Trinajstić information content (AvgIpc) is 2.26. The first-order valence-electron chi connectivity index (χ1n) is 4.90. The van der Waals surface area contributed by atoms with Gasteiger partial charge in [0.15, 0.2) is 0 Å². The first-order chi connectivity index (χ1) is 7.63. The fourth-order valence-electron chi connectivity index (χ4n) is 0.999. The summed E-state index contributed by atoms with van der Waals surface area (Å²) in [5.41, 5.74) is 0. The normalized spacial score (nSPS) is 12.6. The topological polar surface area (TPSA) is 70.1 Å². The summed E-state index contributed by atoms with van der Waals surface area (Å²) in [6.45, 7) is 2.31. The van der Waals surface area contributed by atoms with Crippen LogP contribution in [-0.4, -0.2) is 40.7 Å². The minimum Gasteiger partial charge on any atom is -0.385 e. The highest BCUT2D eigenvalue weighted by atomic mass is 19.3. The van der Waals surface area contributed by atoms with Crippen LogP contribution in [0.25, 0.3) is 0 Å². The highest BCUT2D eigenvalue weighted by Gasteiger charge is 2.16. The molecule has 1 rings (SSSR count). The second kappa shape index (κ2) is 6.16. The Labute approximate surface area is 91.9 Å². The lowest BCUT2D eigenvalue weighted by Gasteiger charge is -2.11. The van der Waals surface area contributed by atoms with Gasteiger partial charge in [-0.1, -0.05) is 0 Å². The van der Waals surface area contributed by atoms with Gasteiger partial charge in [0, 0.05) is 19.3 Å². The summed E-state index contributed by atoms with van der Waals surface area (Å²) < 4.78 is 24.0. The van der Waals surface area contributed by atoms with Gasteiger partial charge in [0.25, 0.3) is 6.43 Å². The van der Waals surface area contributed by atoms with E-state index >= 15 is 0 Å². The molecule has 0 radical (unpaired) electrons. The lowest BCUT2D eigenvalue weighted by Crippen LogP contribution is -2.27. The number of rotatable bonds is 6. The molecule has 0 aliphatic rings. The molecule has 16 heavy (non-hydrogen) atoms. The minimum absolute atomic E-state index is 0.250. The maximum Gasteiger partial charge on any atom is 0.265 e. The molecule has 1 heterocycles. The molecule has 0 bridgehead atoms. The third-order valence-electron chi connectivity index (χ3n) is 1.77. The molecule has 0 saturated carbocycles. The van der Waals surface area contributed by atoms with Gasteiger partial charge in [0.05, 0.1) is 0 Å². The van der Waals surface area contributed by atoms with Crippen LogP contribution in [0.2, 0.25) is 0 Å². The van der Waals surface area contributed by atoms with Crippen molar-refractivity contribution in [2.75, 3.05) is 23.7 Å². The van der Waals surface area contributed by atoms with Gasteiger partial charge >= 0.3 is 0 Å². The van der Waals surface area contributed by atoms with E-state index < -0.39 is 12.5 Å². The molecule has 90 valence electrons. The van der Waals surface area contributed by atoms with E-state index in [1.165, 1.54) is 6.20 Å². The zero-order chi connectivity index (χ0) is 12.0. The van der Waals surface area contributed by atoms with Crippen molar-refractivity contribution in [2.45, 2.75) is 19.5 Å². The first-order valence-corrected chi connectivity index (χ1v) is 4.90. The molecule has 7 heteroatoms. The standard InChI is InChI=1S/C9H14F2N4O/c1-2-12-9-13-4-3-7(15-9)14-5-6(16)8(10)11/h3-4,6,8,16H,2,5H2,1H3,(H2,12,13,14,15). The van der Waals surface area contributed by atoms with Gasteiger partial charge in [-0.15, -0.1) is 0 Å². The number of alkyl halides is 2. The van der Waals surface area contributed by atoms with E-state index in [1.807, 2.05) is 6.92 Å². The van der Waals surface area contributed by atoms with Crippen molar-refractivity contribution in [1.82, 2.24) is 9.97 Å². The number of hydrogen-bond donors (Lipinski definition) is 3. The van der Waals surface area contributed by atoms with Crippen LogP contribution in [0.1, 0.15) is 6.92 Å². The number of halogens is 2. The summed E-state index contributed by atoms with van der Waals surface area (Å²) >= 11 is 0. The minimum atomic E-state index is -2.76. The second-order valence-electron chi connectivity index (χ2n) is 3.08. The molecule has 5 nitrogen and oxygen atoms in total. The molecule has 1 unspecified atom stereocenters. The van der Waals surface area contributed by atoms with Gasteiger partial charge < -0.3 is 15.7 Å². The summed E-state index contributed by atoms with van der Waals surface area (Å²) in [4.78, 5) is 7.92. The van der Waals surface area contributed by atoms with Crippen molar-refractivity contribution < 1.29 is 13.9 Å². The molecule has 1 atom stereocenters. The largest absolute Gasteiger partial charge is 0.385 e. The molecule has 1 aromatic heterocycles. The molecule has 0 amide bonds. The van der Waals surface area contributed by atoms with Gasteiger partial charge in [-0.25, -0.2) is 13.8 Å². The highest BCUT2D eigenvalue weighted by molar-refractivity contribution is 5.39. The molecular formula is C9H14F2N4O. The van der Waals surface area contributed by atoms with Crippen molar-refractivity contribution in [3.63, 3.8) is 0 Å². The Balaban J connectivity index is 2.50. The molecule has 0 aromatic carbocycles. The molecule has 3 N–H and O–H groups in total. The second-order valence-corrected chi connectivity index (χ2v) is 3.08. The third-order valence-corrected chi connectivity index (χ3v) is 1.77. The first kappa shape index (κ1) is 12.6. The summed E-state index contributed by atoms with van der Waals surface area (Å²) in [7, 11) is 0. The molecule has 0 spiro atoms. The van der Waals surface area contributed by atoms with Gasteiger partial charge in [0.2, 0.25) is 5.95 Å². The number of aliphatic hydroxyl groups is 1. The zero-order valence-electron chi connectivity index (χ0n) is 8.82. The number of nitrogens with zero attached hydrogens (tertiary/aromatic N) is 2. The Bertz CT molecular complexity index is 324. The van der Waals surface area contributed by atoms with E-state index in [9.17, 15) is 8.78 Å². The molecule has 1 aromatic rings. The fraction of sp³-hybridized carbons (Fsp3) is 0.556. The lowest BCUT2D eigenvalue weighted by atomic mass is 10.3. The third kappa shape index (κ3) is 3.93. The van der Waals surface area contributed by atoms with Crippen LogP contribution in [0.5, 0.6) is 0 Å². The molecular weight excluding hydrogens is 218 g/mol.